The Bertz CT molecular complexity index is 628. The molecule has 2 atom stereocenters. The summed E-state index contributed by atoms with van der Waals surface area (Å²) >= 11 is 0. The number of carbonyl (C=O) groups is 2. The van der Waals surface area contributed by atoms with Gasteiger partial charge in [0.1, 0.15) is 5.82 Å². The summed E-state index contributed by atoms with van der Waals surface area (Å²) < 4.78 is 13.0. The van der Waals surface area contributed by atoms with E-state index in [-0.39, 0.29) is 29.6 Å². The molecule has 2 fully saturated rings. The molecule has 0 unspecified atom stereocenters. The number of nitrogens with two attached hydrogens (primary N) is 1. The van der Waals surface area contributed by atoms with Crippen LogP contribution >= 0.6 is 0 Å². The first-order valence-electron chi connectivity index (χ1n) is 8.78. The number of hydrogen-bond donors (Lipinski definition) is 1. The molecule has 136 valence electrons. The van der Waals surface area contributed by atoms with Crippen LogP contribution in [0.2, 0.25) is 0 Å². The van der Waals surface area contributed by atoms with Gasteiger partial charge in [0.15, 0.2) is 0 Å². The molecule has 0 aliphatic carbocycles. The molecule has 2 amide bonds. The van der Waals surface area contributed by atoms with Crippen LogP contribution < -0.4 is 10.6 Å². The molecule has 6 nitrogen and oxygen atoms in total. The fourth-order valence-electron chi connectivity index (χ4n) is 3.63. The van der Waals surface area contributed by atoms with Gasteiger partial charge in [-0.3, -0.25) is 14.5 Å². The van der Waals surface area contributed by atoms with E-state index in [1.165, 1.54) is 12.1 Å². The predicted octanol–water partition coefficient (Wildman–Crippen LogP) is 0.670. The Hall–Kier alpha value is -2.15. The number of hydrogen-bond acceptors (Lipinski definition) is 4. The van der Waals surface area contributed by atoms with Crippen LogP contribution in [0.25, 0.3) is 0 Å². The Balaban J connectivity index is 1.53. The minimum atomic E-state index is -0.282. The lowest BCUT2D eigenvalue weighted by atomic mass is 10.1. The van der Waals surface area contributed by atoms with Crippen LogP contribution in [-0.4, -0.2) is 66.9 Å². The largest absolute Gasteiger partial charge is 0.369 e. The summed E-state index contributed by atoms with van der Waals surface area (Å²) in [6.45, 7) is 5.95. The first-order chi connectivity index (χ1) is 12.0. The van der Waals surface area contributed by atoms with E-state index in [1.807, 2.05) is 16.7 Å². The second kappa shape index (κ2) is 7.39. The van der Waals surface area contributed by atoms with Crippen LogP contribution in [0.4, 0.5) is 10.1 Å². The lowest BCUT2D eigenvalue weighted by molar-refractivity contribution is -0.136. The highest BCUT2D eigenvalue weighted by Crippen LogP contribution is 2.21. The molecule has 0 bridgehead atoms. The fraction of sp³-hybridized carbons (Fsp3) is 0.556. The van der Waals surface area contributed by atoms with Gasteiger partial charge < -0.3 is 15.5 Å². The van der Waals surface area contributed by atoms with Crippen LogP contribution in [0.1, 0.15) is 13.3 Å². The second-order valence-electron chi connectivity index (χ2n) is 6.85. The lowest BCUT2D eigenvalue weighted by Gasteiger charge is -2.38. The zero-order valence-corrected chi connectivity index (χ0v) is 14.5. The summed E-state index contributed by atoms with van der Waals surface area (Å²) in [5.74, 6) is -0.573. The Kier molecular flexibility index (Phi) is 5.22. The highest BCUT2D eigenvalue weighted by Gasteiger charge is 2.34. The number of likely N-dealkylation sites (tertiary alicyclic amines) is 1. The van der Waals surface area contributed by atoms with Crippen LogP contribution in [0.15, 0.2) is 24.3 Å². The number of halogens is 1. The third kappa shape index (κ3) is 3.92. The van der Waals surface area contributed by atoms with Crippen molar-refractivity contribution in [3.05, 3.63) is 30.1 Å². The summed E-state index contributed by atoms with van der Waals surface area (Å²) in [5, 5.41) is 0. The average Bonchev–Trinajstić information content (AvgIpc) is 3.12. The van der Waals surface area contributed by atoms with Crippen molar-refractivity contribution in [1.82, 2.24) is 9.80 Å². The van der Waals surface area contributed by atoms with Crippen molar-refractivity contribution in [3.8, 4) is 0 Å². The fourth-order valence-corrected chi connectivity index (χ4v) is 3.63. The van der Waals surface area contributed by atoms with Gasteiger partial charge in [-0.15, -0.1) is 0 Å². The third-order valence-corrected chi connectivity index (χ3v) is 5.31. The first kappa shape index (κ1) is 17.7. The zero-order chi connectivity index (χ0) is 18.0. The molecule has 2 N–H and O–H groups in total. The van der Waals surface area contributed by atoms with Gasteiger partial charge in [0.05, 0.1) is 12.0 Å². The Labute approximate surface area is 147 Å². The molecule has 0 radical (unpaired) electrons. The minimum absolute atomic E-state index is 0.101. The molecule has 25 heavy (non-hydrogen) atoms. The predicted molar refractivity (Wildman–Crippen MR) is 93.5 cm³/mol. The maximum Gasteiger partial charge on any atom is 0.239 e. The highest BCUT2D eigenvalue weighted by molar-refractivity contribution is 5.82. The maximum absolute atomic E-state index is 13.0. The SMILES string of the molecule is C[C@H](C(=O)N1CCN(c2ccc(F)cc2)CC1)N1CC[C@@H](C(N)=O)C1. The summed E-state index contributed by atoms with van der Waals surface area (Å²) in [6, 6.07) is 6.21. The highest BCUT2D eigenvalue weighted by atomic mass is 19.1. The molecule has 7 heteroatoms. The topological polar surface area (TPSA) is 69.9 Å². The Morgan fingerprint density at radius 1 is 1.12 bits per heavy atom. The van der Waals surface area contributed by atoms with E-state index >= 15 is 0 Å². The minimum Gasteiger partial charge on any atom is -0.369 e. The first-order valence-corrected chi connectivity index (χ1v) is 8.78. The smallest absolute Gasteiger partial charge is 0.239 e. The van der Waals surface area contributed by atoms with E-state index in [0.717, 1.165) is 31.7 Å². The second-order valence-corrected chi connectivity index (χ2v) is 6.85. The molecule has 2 aliphatic rings. The van der Waals surface area contributed by atoms with E-state index < -0.39 is 0 Å². The van der Waals surface area contributed by atoms with E-state index in [2.05, 4.69) is 4.90 Å². The Morgan fingerprint density at radius 3 is 2.32 bits per heavy atom. The van der Waals surface area contributed by atoms with Gasteiger partial charge >= 0.3 is 0 Å². The van der Waals surface area contributed by atoms with E-state index in [0.29, 0.717) is 19.6 Å². The number of nitrogens with zero attached hydrogens (tertiary/aromatic N) is 3. The van der Waals surface area contributed by atoms with Crippen molar-refractivity contribution >= 4 is 17.5 Å². The van der Waals surface area contributed by atoms with Crippen molar-refractivity contribution in [1.29, 1.82) is 0 Å². The summed E-state index contributed by atoms with van der Waals surface area (Å²) in [5.41, 5.74) is 6.35. The standard InChI is InChI=1S/C18H25FN4O2/c1-13(23-7-6-14(12-23)17(20)24)18(25)22-10-8-21(9-11-22)16-4-2-15(19)3-5-16/h2-5,13-14H,6-12H2,1H3,(H2,20,24)/t13-,14-/m1/s1. The van der Waals surface area contributed by atoms with Crippen LogP contribution in [0, 0.1) is 11.7 Å². The van der Waals surface area contributed by atoms with Crippen LogP contribution in [0.3, 0.4) is 0 Å². The molecule has 2 heterocycles. The van der Waals surface area contributed by atoms with Crippen molar-refractivity contribution in [3.63, 3.8) is 0 Å². The van der Waals surface area contributed by atoms with Crippen molar-refractivity contribution in [2.75, 3.05) is 44.2 Å². The number of anilines is 1. The van der Waals surface area contributed by atoms with E-state index in [1.54, 1.807) is 12.1 Å². The van der Waals surface area contributed by atoms with Gasteiger partial charge in [0.25, 0.3) is 0 Å². The molecular formula is C18H25FN4O2. The molecule has 2 saturated heterocycles. The summed E-state index contributed by atoms with van der Waals surface area (Å²) in [4.78, 5) is 30.1. The van der Waals surface area contributed by atoms with Crippen LogP contribution in [-0.2, 0) is 9.59 Å². The number of benzene rings is 1. The van der Waals surface area contributed by atoms with E-state index in [4.69, 9.17) is 5.73 Å². The van der Waals surface area contributed by atoms with Gasteiger partial charge in [-0.25, -0.2) is 4.39 Å². The number of piperazine rings is 1. The monoisotopic (exact) mass is 348 g/mol. The molecule has 2 aliphatic heterocycles. The van der Waals surface area contributed by atoms with Gasteiger partial charge in [0.2, 0.25) is 11.8 Å². The van der Waals surface area contributed by atoms with Gasteiger partial charge in [0, 0.05) is 38.4 Å². The molecule has 0 spiro atoms. The van der Waals surface area contributed by atoms with Crippen molar-refractivity contribution in [2.45, 2.75) is 19.4 Å². The van der Waals surface area contributed by atoms with Crippen molar-refractivity contribution < 1.29 is 14.0 Å². The molecular weight excluding hydrogens is 323 g/mol. The molecule has 0 saturated carbocycles. The molecule has 1 aromatic carbocycles. The van der Waals surface area contributed by atoms with Gasteiger partial charge in [-0.1, -0.05) is 0 Å². The van der Waals surface area contributed by atoms with Crippen LogP contribution in [0.5, 0.6) is 0 Å². The zero-order valence-electron chi connectivity index (χ0n) is 14.5. The Morgan fingerprint density at radius 2 is 1.76 bits per heavy atom. The summed E-state index contributed by atoms with van der Waals surface area (Å²) in [6.07, 6.45) is 0.727. The molecule has 1 aromatic rings. The number of rotatable bonds is 4. The number of carbonyl (C=O) groups excluding carboxylic acids is 2. The number of amides is 2. The summed E-state index contributed by atoms with van der Waals surface area (Å²) in [7, 11) is 0. The van der Waals surface area contributed by atoms with Gasteiger partial charge in [-0.05, 0) is 44.2 Å². The maximum atomic E-state index is 13.0. The lowest BCUT2D eigenvalue weighted by Crippen LogP contribution is -2.54. The third-order valence-electron chi connectivity index (χ3n) is 5.31. The van der Waals surface area contributed by atoms with Gasteiger partial charge in [-0.2, -0.15) is 0 Å². The van der Waals surface area contributed by atoms with E-state index in [9.17, 15) is 14.0 Å². The number of primary amides is 1. The normalized spacial score (nSPS) is 22.9. The average molecular weight is 348 g/mol. The molecule has 0 aromatic heterocycles. The quantitative estimate of drug-likeness (QED) is 0.868. The molecule has 3 rings (SSSR count). The van der Waals surface area contributed by atoms with Crippen molar-refractivity contribution in [2.24, 2.45) is 11.7 Å².